The van der Waals surface area contributed by atoms with Gasteiger partial charge in [-0.05, 0) is 34.4 Å². The molecule has 0 N–H and O–H groups in total. The van der Waals surface area contributed by atoms with Gasteiger partial charge in [-0.2, -0.15) is 0 Å². The van der Waals surface area contributed by atoms with Crippen LogP contribution in [0.4, 0.5) is 11.4 Å². The molecule has 13 aliphatic rings. The zero-order valence-electron chi connectivity index (χ0n) is 30.0. The molecule has 0 aromatic heterocycles. The van der Waals surface area contributed by atoms with Crippen molar-refractivity contribution >= 4 is 11.4 Å². The minimum Gasteiger partial charge on any atom is -0.367 e. The summed E-state index contributed by atoms with van der Waals surface area (Å²) in [6.45, 7) is 10.6. The Morgan fingerprint density at radius 3 is 1.54 bits per heavy atom. The van der Waals surface area contributed by atoms with Crippen LogP contribution in [0.15, 0.2) is 71.8 Å². The molecule has 2 aromatic rings. The van der Waals surface area contributed by atoms with Crippen LogP contribution in [0, 0.1) is 23.7 Å². The van der Waals surface area contributed by atoms with Crippen LogP contribution in [0.2, 0.25) is 0 Å². The highest BCUT2D eigenvalue weighted by molar-refractivity contribution is 5.72. The summed E-state index contributed by atoms with van der Waals surface area (Å²) in [5.41, 5.74) is 9.82. The van der Waals surface area contributed by atoms with Gasteiger partial charge in [-0.15, -0.1) is 0 Å². The van der Waals surface area contributed by atoms with Crippen molar-refractivity contribution in [3.05, 3.63) is 83.0 Å². The molecule has 52 heavy (non-hydrogen) atoms. The lowest BCUT2D eigenvalue weighted by molar-refractivity contribution is -0.943. The maximum atomic E-state index is 7.57. The summed E-state index contributed by atoms with van der Waals surface area (Å²) >= 11 is 0. The van der Waals surface area contributed by atoms with E-state index in [0.717, 1.165) is 26.4 Å². The zero-order valence-corrected chi connectivity index (χ0v) is 30.0. The van der Waals surface area contributed by atoms with Crippen LogP contribution in [-0.4, -0.2) is 123 Å². The summed E-state index contributed by atoms with van der Waals surface area (Å²) in [5.74, 6) is 1.82. The van der Waals surface area contributed by atoms with Crippen LogP contribution in [0.1, 0.15) is 36.8 Å². The molecular weight excluding hydrogens is 649 g/mol. The Balaban J connectivity index is 1.01. The summed E-state index contributed by atoms with van der Waals surface area (Å²) in [4.78, 5) is 5.99. The van der Waals surface area contributed by atoms with E-state index in [1.165, 1.54) is 85.3 Å². The predicted molar refractivity (Wildman–Crippen MR) is 194 cm³/mol. The maximum absolute atomic E-state index is 7.57. The van der Waals surface area contributed by atoms with Crippen molar-refractivity contribution < 1.29 is 27.9 Å². The summed E-state index contributed by atoms with van der Waals surface area (Å²) in [7, 11) is 0. The first-order valence-corrected chi connectivity index (χ1v) is 21.0. The second kappa shape index (κ2) is 9.04. The van der Waals surface area contributed by atoms with Crippen molar-refractivity contribution in [3.8, 4) is 0 Å². The normalized spacial score (nSPS) is 53.5. The van der Waals surface area contributed by atoms with Gasteiger partial charge in [0.1, 0.15) is 62.9 Å². The van der Waals surface area contributed by atoms with Gasteiger partial charge in [-0.1, -0.05) is 48.6 Å². The van der Waals surface area contributed by atoms with Crippen molar-refractivity contribution in [2.45, 2.75) is 85.3 Å². The molecule has 16 atom stereocenters. The minimum atomic E-state index is 0.0426. The van der Waals surface area contributed by atoms with Gasteiger partial charge in [0.15, 0.2) is 0 Å². The standard InChI is InChI=1S/C44H50N4O4/c1-3-7-33-31(5-1)43-11-13-47(21-27-23-51-27)19-25-10-16-50-42-37(29(25)17-35(43)47)39(43)45(33)41-38-30-18-36-44(32-6-2-4-8-34(32)46(42)40(38)44)12-14-48(36,22-28-24-52-28)20-26(30)9-15-49-41/h1-10,27-30,35-42H,11-24H2/q+2/t27?,28?,29-,30?,35-,36-,37+,38+,39-,40-,41+,42+,43+,44+,47?,48?/m0/s1. The summed E-state index contributed by atoms with van der Waals surface area (Å²) < 4.78 is 29.7. The third kappa shape index (κ3) is 3.01. The Bertz CT molecular complexity index is 1900. The molecule has 2 aromatic carbocycles. The number of fused-ring (bicyclic) bond motifs is 6. The van der Waals surface area contributed by atoms with Gasteiger partial charge in [-0.3, -0.25) is 0 Å². The van der Waals surface area contributed by atoms with E-state index >= 15 is 0 Å². The molecule has 15 rings (SSSR count). The fraction of sp³-hybridized carbons (Fsp3) is 0.636. The summed E-state index contributed by atoms with van der Waals surface area (Å²) in [5, 5.41) is 0. The van der Waals surface area contributed by atoms with E-state index in [2.05, 4.69) is 70.5 Å². The van der Waals surface area contributed by atoms with E-state index in [0.29, 0.717) is 60.0 Å². The fourth-order valence-corrected chi connectivity index (χ4v) is 17.1. The topological polar surface area (TPSA) is 50.0 Å². The fourth-order valence-electron chi connectivity index (χ4n) is 17.1. The van der Waals surface area contributed by atoms with Crippen LogP contribution in [0.5, 0.6) is 0 Å². The number of benzene rings is 2. The highest BCUT2D eigenvalue weighted by Gasteiger charge is 2.81. The van der Waals surface area contributed by atoms with Crippen molar-refractivity contribution in [1.29, 1.82) is 0 Å². The van der Waals surface area contributed by atoms with Crippen molar-refractivity contribution in [2.75, 3.05) is 75.5 Å². The highest BCUT2D eigenvalue weighted by Crippen LogP contribution is 2.72. The lowest BCUT2D eigenvalue weighted by atomic mass is 9.52. The van der Waals surface area contributed by atoms with Crippen LogP contribution < -0.4 is 9.80 Å². The van der Waals surface area contributed by atoms with Crippen LogP contribution >= 0.6 is 0 Å². The van der Waals surface area contributed by atoms with Gasteiger partial charge in [0.2, 0.25) is 0 Å². The first-order chi connectivity index (χ1) is 25.6. The second-order valence-electron chi connectivity index (χ2n) is 19.7. The van der Waals surface area contributed by atoms with Crippen molar-refractivity contribution in [2.24, 2.45) is 23.7 Å². The first-order valence-electron chi connectivity index (χ1n) is 21.0. The van der Waals surface area contributed by atoms with Crippen molar-refractivity contribution in [3.63, 3.8) is 0 Å². The quantitative estimate of drug-likeness (QED) is 0.273. The van der Waals surface area contributed by atoms with Gasteiger partial charge in [-0.25, -0.2) is 0 Å². The molecule has 9 fully saturated rings. The van der Waals surface area contributed by atoms with E-state index in [4.69, 9.17) is 18.9 Å². The van der Waals surface area contributed by atoms with Gasteiger partial charge in [0.05, 0.1) is 62.4 Å². The number of ether oxygens (including phenoxy) is 4. The Morgan fingerprint density at radius 2 is 1.08 bits per heavy atom. The Morgan fingerprint density at radius 1 is 0.615 bits per heavy atom. The average Bonchev–Trinajstić information content (AvgIpc) is 4.07. The highest BCUT2D eigenvalue weighted by atomic mass is 16.6. The average molecular weight is 699 g/mol. The van der Waals surface area contributed by atoms with Crippen LogP contribution in [-0.2, 0) is 29.8 Å². The molecule has 8 heteroatoms. The lowest BCUT2D eigenvalue weighted by Crippen LogP contribution is -2.78. The van der Waals surface area contributed by atoms with Gasteiger partial charge in [0, 0.05) is 60.7 Å². The summed E-state index contributed by atoms with van der Waals surface area (Å²) in [6.07, 6.45) is 11.2. The van der Waals surface area contributed by atoms with Crippen LogP contribution in [0.25, 0.3) is 0 Å². The van der Waals surface area contributed by atoms with E-state index in [1.54, 1.807) is 22.3 Å². The lowest BCUT2D eigenvalue weighted by Gasteiger charge is -2.65. The molecule has 268 valence electrons. The van der Waals surface area contributed by atoms with Gasteiger partial charge >= 0.3 is 0 Å². The number of anilines is 2. The number of epoxide rings is 2. The molecule has 11 heterocycles. The number of hydrogen-bond donors (Lipinski definition) is 0. The number of rotatable bonds is 4. The first kappa shape index (κ1) is 28.7. The molecule has 2 spiro atoms. The third-order valence-electron chi connectivity index (χ3n) is 18.4. The number of nitrogens with zero attached hydrogens (tertiary/aromatic N) is 4. The SMILES string of the molecule is C1=C2C[N+]3(CC4CO4)CC[C@@]45c6ccccc6N6[C@@H]7OCC=C8C[N+]9(CC%10CO%10)CC[C@]%10%11c%12ccccc%12N([C@H](OC1)[C@H](C2C[C@@H]43)[C@H]65)[C@H]%10[C@H]7[C@H]8C[C@@H]%119. The molecule has 8 nitrogen and oxygen atoms in total. The maximum Gasteiger partial charge on any atom is 0.136 e. The predicted octanol–water partition coefficient (Wildman–Crippen LogP) is 4.09. The smallest absolute Gasteiger partial charge is 0.136 e. The molecular formula is C44H50N4O4+2. The van der Waals surface area contributed by atoms with Crippen molar-refractivity contribution in [1.82, 2.24) is 0 Å². The van der Waals surface area contributed by atoms with Gasteiger partial charge < -0.3 is 37.7 Å². The van der Waals surface area contributed by atoms with E-state index in [1.807, 2.05) is 0 Å². The molecule has 11 aliphatic heterocycles. The number of quaternary nitrogens is 2. The second-order valence-corrected chi connectivity index (χ2v) is 19.7. The number of para-hydroxylation sites is 2. The van der Waals surface area contributed by atoms with Gasteiger partial charge in [0.25, 0.3) is 0 Å². The monoisotopic (exact) mass is 698 g/mol. The Kier molecular flexibility index (Phi) is 4.99. The Hall–Kier alpha value is -2.72. The zero-order chi connectivity index (χ0) is 33.3. The minimum absolute atomic E-state index is 0.0426. The van der Waals surface area contributed by atoms with E-state index in [9.17, 15) is 0 Å². The number of piperidine rings is 2. The van der Waals surface area contributed by atoms with E-state index < -0.39 is 0 Å². The molecule has 0 radical (unpaired) electrons. The molecule has 2 aliphatic carbocycles. The molecule has 5 unspecified atom stereocenters. The molecule has 2 saturated carbocycles. The van der Waals surface area contributed by atoms with E-state index in [-0.39, 0.29) is 23.3 Å². The largest absolute Gasteiger partial charge is 0.367 e. The third-order valence-corrected chi connectivity index (χ3v) is 18.4. The molecule has 0 amide bonds. The number of hydrogen-bond acceptors (Lipinski definition) is 6. The Labute approximate surface area is 306 Å². The molecule has 4 bridgehead atoms. The molecule has 7 saturated heterocycles. The van der Waals surface area contributed by atoms with Crippen LogP contribution in [0.3, 0.4) is 0 Å². The summed E-state index contributed by atoms with van der Waals surface area (Å²) in [6, 6.07) is 21.4.